The molecule has 2 N–H and O–H groups in total. The van der Waals surface area contributed by atoms with Crippen molar-refractivity contribution in [3.05, 3.63) is 22.7 Å². The van der Waals surface area contributed by atoms with Crippen LogP contribution in [0.5, 0.6) is 5.75 Å². The van der Waals surface area contributed by atoms with Gasteiger partial charge in [-0.3, -0.25) is 9.59 Å². The van der Waals surface area contributed by atoms with E-state index in [1.807, 2.05) is 6.92 Å². The maximum atomic E-state index is 11.9. The molecule has 0 spiro atoms. The van der Waals surface area contributed by atoms with E-state index in [1.165, 1.54) is 7.11 Å². The predicted molar refractivity (Wildman–Crippen MR) is 88.5 cm³/mol. The minimum absolute atomic E-state index is 0.219. The van der Waals surface area contributed by atoms with Gasteiger partial charge in [-0.25, -0.2) is 0 Å². The molecule has 0 saturated heterocycles. The number of carbonyl (C=O) groups is 2. The van der Waals surface area contributed by atoms with E-state index in [0.717, 1.165) is 12.0 Å². The molecule has 5 nitrogen and oxygen atoms in total. The summed E-state index contributed by atoms with van der Waals surface area (Å²) in [6.45, 7) is 6.56. The number of aryl methyl sites for hydroxylation is 1. The maximum Gasteiger partial charge on any atom is 0.233 e. The van der Waals surface area contributed by atoms with Crippen LogP contribution in [0, 0.1) is 12.8 Å². The molecule has 0 radical (unpaired) electrons. The Bertz CT molecular complexity index is 544. The number of halogens is 1. The molecule has 0 aliphatic rings. The minimum atomic E-state index is -0.387. The van der Waals surface area contributed by atoms with E-state index in [1.54, 1.807) is 12.1 Å². The predicted octanol–water partition coefficient (Wildman–Crippen LogP) is 3.15. The molecule has 1 rings (SSSR count). The number of amides is 2. The highest BCUT2D eigenvalue weighted by molar-refractivity contribution is 6.31. The van der Waals surface area contributed by atoms with Crippen molar-refractivity contribution in [3.63, 3.8) is 0 Å². The topological polar surface area (TPSA) is 67.4 Å². The number of nitrogens with one attached hydrogen (secondary N) is 2. The zero-order valence-electron chi connectivity index (χ0n) is 13.5. The van der Waals surface area contributed by atoms with Crippen molar-refractivity contribution in [2.45, 2.75) is 33.6 Å². The van der Waals surface area contributed by atoms with Gasteiger partial charge in [-0.1, -0.05) is 25.4 Å². The molecule has 0 unspecified atom stereocenters. The molecule has 0 bridgehead atoms. The van der Waals surface area contributed by atoms with E-state index in [9.17, 15) is 9.59 Å². The van der Waals surface area contributed by atoms with Crippen LogP contribution in [0.3, 0.4) is 0 Å². The van der Waals surface area contributed by atoms with Gasteiger partial charge < -0.3 is 15.4 Å². The van der Waals surface area contributed by atoms with Gasteiger partial charge in [0.1, 0.15) is 12.2 Å². The standard InChI is InChI=1S/C16H23ClN2O3/c1-10(2)5-6-18-15(20)9-16(21)19-13-7-11(3)12(17)8-14(13)22-4/h7-8,10H,5-6,9H2,1-4H3,(H,18,20)(H,19,21). The molecule has 0 saturated carbocycles. The van der Waals surface area contributed by atoms with E-state index in [0.29, 0.717) is 28.9 Å². The number of anilines is 1. The Morgan fingerprint density at radius 1 is 1.27 bits per heavy atom. The monoisotopic (exact) mass is 326 g/mol. The third-order valence-electron chi connectivity index (χ3n) is 3.12. The van der Waals surface area contributed by atoms with Gasteiger partial charge in [-0.05, 0) is 30.9 Å². The summed E-state index contributed by atoms with van der Waals surface area (Å²) < 4.78 is 5.18. The molecular formula is C16H23ClN2O3. The molecule has 0 aliphatic heterocycles. The summed E-state index contributed by atoms with van der Waals surface area (Å²) in [5.41, 5.74) is 1.32. The molecule has 6 heteroatoms. The van der Waals surface area contributed by atoms with Crippen molar-refractivity contribution in [1.29, 1.82) is 0 Å². The minimum Gasteiger partial charge on any atom is -0.495 e. The fourth-order valence-corrected chi connectivity index (χ4v) is 1.99. The summed E-state index contributed by atoms with van der Waals surface area (Å²) >= 11 is 6.01. The van der Waals surface area contributed by atoms with E-state index in [4.69, 9.17) is 16.3 Å². The second-order valence-electron chi connectivity index (χ2n) is 5.56. The van der Waals surface area contributed by atoms with Crippen LogP contribution in [-0.2, 0) is 9.59 Å². The van der Waals surface area contributed by atoms with Crippen molar-refractivity contribution in [2.75, 3.05) is 19.0 Å². The summed E-state index contributed by atoms with van der Waals surface area (Å²) in [5.74, 6) is 0.296. The number of hydrogen-bond donors (Lipinski definition) is 2. The Labute approximate surface area is 136 Å². The van der Waals surface area contributed by atoms with Crippen LogP contribution in [0.1, 0.15) is 32.3 Å². The summed E-state index contributed by atoms with van der Waals surface area (Å²) in [6, 6.07) is 3.35. The second kappa shape index (κ2) is 8.63. The van der Waals surface area contributed by atoms with Crippen LogP contribution < -0.4 is 15.4 Å². The van der Waals surface area contributed by atoms with Gasteiger partial charge in [-0.15, -0.1) is 0 Å². The van der Waals surface area contributed by atoms with Gasteiger partial charge in [0, 0.05) is 17.6 Å². The third kappa shape index (κ3) is 5.93. The van der Waals surface area contributed by atoms with Crippen LogP contribution in [0.15, 0.2) is 12.1 Å². The van der Waals surface area contributed by atoms with Crippen LogP contribution in [0.2, 0.25) is 5.02 Å². The second-order valence-corrected chi connectivity index (χ2v) is 5.97. The number of benzene rings is 1. The highest BCUT2D eigenvalue weighted by Crippen LogP contribution is 2.30. The van der Waals surface area contributed by atoms with Gasteiger partial charge >= 0.3 is 0 Å². The number of ether oxygens (including phenoxy) is 1. The van der Waals surface area contributed by atoms with Crippen LogP contribution in [-0.4, -0.2) is 25.5 Å². The Balaban J connectivity index is 2.58. The zero-order chi connectivity index (χ0) is 16.7. The van der Waals surface area contributed by atoms with Gasteiger partial charge in [0.15, 0.2) is 0 Å². The smallest absolute Gasteiger partial charge is 0.233 e. The molecular weight excluding hydrogens is 304 g/mol. The quantitative estimate of drug-likeness (QED) is 0.756. The molecule has 0 heterocycles. The van der Waals surface area contributed by atoms with Gasteiger partial charge in [-0.2, -0.15) is 0 Å². The molecule has 0 aliphatic carbocycles. The van der Waals surface area contributed by atoms with E-state index < -0.39 is 0 Å². The lowest BCUT2D eigenvalue weighted by Crippen LogP contribution is -2.29. The Hall–Kier alpha value is -1.75. The molecule has 0 aromatic heterocycles. The van der Waals surface area contributed by atoms with E-state index in [2.05, 4.69) is 24.5 Å². The first kappa shape index (κ1) is 18.3. The number of carbonyl (C=O) groups excluding carboxylic acids is 2. The summed E-state index contributed by atoms with van der Waals surface area (Å²) in [7, 11) is 1.50. The van der Waals surface area contributed by atoms with Crippen molar-refractivity contribution in [2.24, 2.45) is 5.92 Å². The molecule has 2 amide bonds. The van der Waals surface area contributed by atoms with Gasteiger partial charge in [0.2, 0.25) is 11.8 Å². The van der Waals surface area contributed by atoms with Gasteiger partial charge in [0.25, 0.3) is 0 Å². The van der Waals surface area contributed by atoms with E-state index >= 15 is 0 Å². The SMILES string of the molecule is COc1cc(Cl)c(C)cc1NC(=O)CC(=O)NCCC(C)C. The fraction of sp³-hybridized carbons (Fsp3) is 0.500. The summed E-state index contributed by atoms with van der Waals surface area (Å²) in [5, 5.41) is 5.96. The Kier molecular flexibility index (Phi) is 7.18. The number of methoxy groups -OCH3 is 1. The van der Waals surface area contributed by atoms with Crippen LogP contribution in [0.25, 0.3) is 0 Å². The first-order valence-electron chi connectivity index (χ1n) is 7.24. The molecule has 122 valence electrons. The average Bonchev–Trinajstić information content (AvgIpc) is 2.41. The van der Waals surface area contributed by atoms with Crippen molar-refractivity contribution in [1.82, 2.24) is 5.32 Å². The van der Waals surface area contributed by atoms with Crippen LogP contribution in [0.4, 0.5) is 5.69 Å². The Morgan fingerprint density at radius 3 is 2.55 bits per heavy atom. The highest BCUT2D eigenvalue weighted by Gasteiger charge is 2.13. The van der Waals surface area contributed by atoms with Gasteiger partial charge in [0.05, 0.1) is 12.8 Å². The lowest BCUT2D eigenvalue weighted by atomic mass is 10.1. The van der Waals surface area contributed by atoms with Crippen molar-refractivity contribution in [3.8, 4) is 5.75 Å². The zero-order valence-corrected chi connectivity index (χ0v) is 14.2. The summed E-state index contributed by atoms with van der Waals surface area (Å²) in [6.07, 6.45) is 0.667. The molecule has 0 fully saturated rings. The lowest BCUT2D eigenvalue weighted by Gasteiger charge is -2.12. The molecule has 0 atom stereocenters. The lowest BCUT2D eigenvalue weighted by molar-refractivity contribution is -0.126. The largest absolute Gasteiger partial charge is 0.495 e. The molecule has 22 heavy (non-hydrogen) atoms. The number of hydrogen-bond acceptors (Lipinski definition) is 3. The highest BCUT2D eigenvalue weighted by atomic mass is 35.5. The van der Waals surface area contributed by atoms with Crippen molar-refractivity contribution < 1.29 is 14.3 Å². The number of rotatable bonds is 7. The Morgan fingerprint density at radius 2 is 1.95 bits per heavy atom. The molecule has 1 aromatic carbocycles. The van der Waals surface area contributed by atoms with Crippen molar-refractivity contribution >= 4 is 29.1 Å². The van der Waals surface area contributed by atoms with E-state index in [-0.39, 0.29) is 18.2 Å². The first-order valence-corrected chi connectivity index (χ1v) is 7.62. The summed E-state index contributed by atoms with van der Waals surface area (Å²) in [4.78, 5) is 23.6. The van der Waals surface area contributed by atoms with Crippen LogP contribution >= 0.6 is 11.6 Å². The maximum absolute atomic E-state index is 11.9. The molecule has 1 aromatic rings. The third-order valence-corrected chi connectivity index (χ3v) is 3.53. The first-order chi connectivity index (χ1) is 10.3. The fourth-order valence-electron chi connectivity index (χ4n) is 1.83. The normalized spacial score (nSPS) is 10.5. The average molecular weight is 327 g/mol.